The second-order valence-electron chi connectivity index (χ2n) is 3.28. The van der Waals surface area contributed by atoms with Crippen LogP contribution >= 0.6 is 0 Å². The molecule has 0 fully saturated rings. The van der Waals surface area contributed by atoms with Crippen LogP contribution in [0.25, 0.3) is 6.08 Å². The van der Waals surface area contributed by atoms with Crippen LogP contribution in [-0.4, -0.2) is 32.7 Å². The molecule has 0 saturated carbocycles. The van der Waals surface area contributed by atoms with E-state index in [0.29, 0.717) is 0 Å². The molecule has 0 amide bonds. The van der Waals surface area contributed by atoms with E-state index in [1.807, 2.05) is 0 Å². The summed E-state index contributed by atoms with van der Waals surface area (Å²) in [6.45, 7) is 2.98. The molecule has 0 bridgehead atoms. The number of H-pyrrole nitrogens is 1. The molecule has 1 aromatic heterocycles. The molecular weight excluding hydrogens is 228 g/mol. The summed E-state index contributed by atoms with van der Waals surface area (Å²) in [5, 5.41) is 17.7. The minimum Gasteiger partial charge on any atom is -0.396 e. The van der Waals surface area contributed by atoms with E-state index >= 15 is 0 Å². The van der Waals surface area contributed by atoms with E-state index in [4.69, 9.17) is 9.84 Å². The average Bonchev–Trinajstić information content (AvgIpc) is 2.28. The summed E-state index contributed by atoms with van der Waals surface area (Å²) in [7, 11) is 0. The molecule has 0 saturated heterocycles. The van der Waals surface area contributed by atoms with Crippen molar-refractivity contribution in [3.8, 4) is 0 Å². The van der Waals surface area contributed by atoms with Crippen molar-refractivity contribution in [3.05, 3.63) is 39.2 Å². The Morgan fingerprint density at radius 2 is 2.29 bits per heavy atom. The number of nitrogens with zero attached hydrogens (tertiary/aromatic N) is 1. The Kier molecular flexibility index (Phi) is 4.83. The predicted octanol–water partition coefficient (Wildman–Crippen LogP) is -1.15. The van der Waals surface area contributed by atoms with Gasteiger partial charge in [-0.2, -0.15) is 0 Å². The summed E-state index contributed by atoms with van der Waals surface area (Å²) < 4.78 is 5.97. The van der Waals surface area contributed by atoms with Gasteiger partial charge in [-0.25, -0.2) is 4.79 Å². The van der Waals surface area contributed by atoms with Gasteiger partial charge in [-0.1, -0.05) is 12.7 Å². The van der Waals surface area contributed by atoms with Crippen molar-refractivity contribution in [3.63, 3.8) is 0 Å². The second-order valence-corrected chi connectivity index (χ2v) is 3.28. The Balaban J connectivity index is 2.81. The summed E-state index contributed by atoms with van der Waals surface area (Å²) >= 11 is 0. The molecule has 0 aliphatic heterocycles. The number of hydrogen-bond acceptors (Lipinski definition) is 5. The topological polar surface area (TPSA) is 105 Å². The van der Waals surface area contributed by atoms with Gasteiger partial charge in [0.2, 0.25) is 0 Å². The van der Waals surface area contributed by atoms with Gasteiger partial charge in [0.05, 0.1) is 5.56 Å². The molecule has 1 unspecified atom stereocenters. The summed E-state index contributed by atoms with van der Waals surface area (Å²) in [6, 6.07) is 0. The fourth-order valence-corrected chi connectivity index (χ4v) is 1.13. The smallest absolute Gasteiger partial charge is 0.330 e. The molecule has 0 radical (unpaired) electrons. The predicted molar refractivity (Wildman–Crippen MR) is 60.2 cm³/mol. The highest BCUT2D eigenvalue weighted by Gasteiger charge is 2.06. The first kappa shape index (κ1) is 13.4. The largest absolute Gasteiger partial charge is 0.396 e. The maximum atomic E-state index is 11.3. The number of aliphatic hydroxyl groups is 2. The fraction of sp³-hybridized carbons (Fsp3) is 0.400. The molecule has 1 rings (SSSR count). The molecule has 0 aromatic carbocycles. The summed E-state index contributed by atoms with van der Waals surface area (Å²) in [5.74, 6) is 0. The average molecular weight is 242 g/mol. The molecule has 7 heteroatoms. The summed E-state index contributed by atoms with van der Waals surface area (Å²) in [4.78, 5) is 24.6. The van der Waals surface area contributed by atoms with Crippen molar-refractivity contribution in [2.45, 2.75) is 19.4 Å². The molecule has 1 atom stereocenters. The zero-order chi connectivity index (χ0) is 12.8. The zero-order valence-corrected chi connectivity index (χ0v) is 9.13. The fourth-order valence-electron chi connectivity index (χ4n) is 1.13. The van der Waals surface area contributed by atoms with E-state index in [9.17, 15) is 14.7 Å². The Morgan fingerprint density at radius 1 is 1.59 bits per heavy atom. The van der Waals surface area contributed by atoms with Crippen LogP contribution in [0.15, 0.2) is 22.4 Å². The lowest BCUT2D eigenvalue weighted by Crippen LogP contribution is -2.32. The summed E-state index contributed by atoms with van der Waals surface area (Å²) in [6.07, 6.45) is 1.47. The van der Waals surface area contributed by atoms with Crippen LogP contribution in [0.5, 0.6) is 0 Å². The Hall–Kier alpha value is -1.70. The van der Waals surface area contributed by atoms with Gasteiger partial charge in [0, 0.05) is 19.2 Å². The Morgan fingerprint density at radius 3 is 2.88 bits per heavy atom. The lowest BCUT2D eigenvalue weighted by atomic mass is 10.3. The first-order valence-corrected chi connectivity index (χ1v) is 4.95. The van der Waals surface area contributed by atoms with Crippen LogP contribution in [0.1, 0.15) is 12.0 Å². The van der Waals surface area contributed by atoms with Crippen LogP contribution in [0.2, 0.25) is 0 Å². The third-order valence-electron chi connectivity index (χ3n) is 2.04. The maximum absolute atomic E-state index is 11.3. The third-order valence-corrected chi connectivity index (χ3v) is 2.04. The highest BCUT2D eigenvalue weighted by atomic mass is 16.6. The van der Waals surface area contributed by atoms with Crippen LogP contribution in [0, 0.1) is 0 Å². The number of aromatic amines is 1. The highest BCUT2D eigenvalue weighted by molar-refractivity contribution is 5.43. The van der Waals surface area contributed by atoms with Gasteiger partial charge in [-0.05, 0) is 0 Å². The van der Waals surface area contributed by atoms with Crippen molar-refractivity contribution in [2.75, 3.05) is 6.61 Å². The zero-order valence-electron chi connectivity index (χ0n) is 9.13. The van der Waals surface area contributed by atoms with Crippen molar-refractivity contribution >= 4 is 6.08 Å². The number of aromatic nitrogens is 2. The lowest BCUT2D eigenvalue weighted by molar-refractivity contribution is -0.134. The van der Waals surface area contributed by atoms with Crippen LogP contribution < -0.4 is 11.2 Å². The van der Waals surface area contributed by atoms with Crippen molar-refractivity contribution < 1.29 is 14.9 Å². The number of hydrogen-bond donors (Lipinski definition) is 3. The van der Waals surface area contributed by atoms with Gasteiger partial charge < -0.3 is 14.9 Å². The van der Waals surface area contributed by atoms with E-state index < -0.39 is 17.5 Å². The van der Waals surface area contributed by atoms with E-state index in [1.165, 1.54) is 12.3 Å². The quantitative estimate of drug-likeness (QED) is 0.547. The number of rotatable bonds is 6. The van der Waals surface area contributed by atoms with Crippen molar-refractivity contribution in [1.29, 1.82) is 0 Å². The number of ether oxygens (including phenoxy) is 1. The standard InChI is InChI=1S/C10H14N2O5/c1-2-7-5-12(10(16)11-9(7)15)6-17-8(14)3-4-13/h2,5,8,13-14H,1,3-4,6H2,(H,11,15,16). The van der Waals surface area contributed by atoms with Gasteiger partial charge in [0.1, 0.15) is 6.73 Å². The molecule has 0 aliphatic carbocycles. The molecule has 0 aliphatic rings. The van der Waals surface area contributed by atoms with Gasteiger partial charge in [0.15, 0.2) is 6.29 Å². The molecule has 0 spiro atoms. The molecule has 1 aromatic rings. The van der Waals surface area contributed by atoms with Crippen LogP contribution in [0.4, 0.5) is 0 Å². The number of aliphatic hydroxyl groups excluding tert-OH is 2. The molecular formula is C10H14N2O5. The first-order valence-electron chi connectivity index (χ1n) is 4.95. The monoisotopic (exact) mass is 242 g/mol. The minimum absolute atomic E-state index is 0.0480. The third kappa shape index (κ3) is 3.66. The second kappa shape index (κ2) is 6.14. The Bertz CT molecular complexity index is 490. The normalized spacial score (nSPS) is 12.4. The molecule has 3 N–H and O–H groups in total. The SMILES string of the molecule is C=Cc1cn(COC(O)CCO)c(=O)[nH]c1=O. The van der Waals surface area contributed by atoms with E-state index in [0.717, 1.165) is 4.57 Å². The van der Waals surface area contributed by atoms with Gasteiger partial charge in [-0.15, -0.1) is 0 Å². The molecule has 1 heterocycles. The highest BCUT2D eigenvalue weighted by Crippen LogP contribution is 1.96. The van der Waals surface area contributed by atoms with Gasteiger partial charge in [0.25, 0.3) is 5.56 Å². The number of nitrogens with one attached hydrogen (secondary N) is 1. The van der Waals surface area contributed by atoms with E-state index in [-0.39, 0.29) is 25.3 Å². The molecule has 94 valence electrons. The Labute approximate surface area is 96.6 Å². The van der Waals surface area contributed by atoms with E-state index in [1.54, 1.807) is 0 Å². The lowest BCUT2D eigenvalue weighted by Gasteiger charge is -2.11. The van der Waals surface area contributed by atoms with Crippen LogP contribution in [-0.2, 0) is 11.5 Å². The van der Waals surface area contributed by atoms with Gasteiger partial charge in [-0.3, -0.25) is 14.3 Å². The maximum Gasteiger partial charge on any atom is 0.330 e. The molecule has 17 heavy (non-hydrogen) atoms. The van der Waals surface area contributed by atoms with Crippen LogP contribution in [0.3, 0.4) is 0 Å². The van der Waals surface area contributed by atoms with Crippen molar-refractivity contribution in [1.82, 2.24) is 9.55 Å². The van der Waals surface area contributed by atoms with Gasteiger partial charge >= 0.3 is 5.69 Å². The minimum atomic E-state index is -1.16. The van der Waals surface area contributed by atoms with E-state index in [2.05, 4.69) is 11.6 Å². The summed E-state index contributed by atoms with van der Waals surface area (Å²) in [5.41, 5.74) is -0.946. The van der Waals surface area contributed by atoms with Crippen molar-refractivity contribution in [2.24, 2.45) is 0 Å². The molecule has 7 nitrogen and oxygen atoms in total. The first-order chi connectivity index (χ1) is 8.08.